The molecule has 0 aromatic heterocycles. The molecule has 0 spiro atoms. The molecule has 1 amide bonds. The Balaban J connectivity index is 2.09. The molecule has 8 heteroatoms. The zero-order chi connectivity index (χ0) is 19.3. The van der Waals surface area contributed by atoms with E-state index in [1.807, 2.05) is 0 Å². The van der Waals surface area contributed by atoms with E-state index in [1.165, 1.54) is 48.4 Å². The summed E-state index contributed by atoms with van der Waals surface area (Å²) in [7, 11) is 1.37. The Hall–Kier alpha value is -2.80. The minimum atomic E-state index is -0.771. The van der Waals surface area contributed by atoms with Crippen molar-refractivity contribution in [3.8, 4) is 5.75 Å². The lowest BCUT2D eigenvalue weighted by Gasteiger charge is -2.21. The zero-order valence-electron chi connectivity index (χ0n) is 14.3. The molecule has 6 nitrogen and oxygen atoms in total. The van der Waals surface area contributed by atoms with Gasteiger partial charge in [-0.1, -0.05) is 11.6 Å². The average Bonchev–Trinajstić information content (AvgIpc) is 2.63. The molecule has 0 radical (unpaired) electrons. The first-order chi connectivity index (χ1) is 12.4. The lowest BCUT2D eigenvalue weighted by Crippen LogP contribution is -2.34. The number of methoxy groups -OCH3 is 1. The van der Waals surface area contributed by atoms with Gasteiger partial charge in [-0.05, 0) is 37.3 Å². The number of likely N-dealkylation sites (N-methyl/N-ethyl adjacent to an activating group) is 1. The van der Waals surface area contributed by atoms with Crippen molar-refractivity contribution in [2.24, 2.45) is 0 Å². The summed E-state index contributed by atoms with van der Waals surface area (Å²) in [6, 6.07) is 8.16. The molecule has 0 bridgehead atoms. The van der Waals surface area contributed by atoms with Crippen molar-refractivity contribution >= 4 is 34.9 Å². The van der Waals surface area contributed by atoms with Gasteiger partial charge in [0.2, 0.25) is 0 Å². The van der Waals surface area contributed by atoms with Crippen LogP contribution in [0.25, 0.3) is 0 Å². The Morgan fingerprint density at radius 2 is 1.88 bits per heavy atom. The minimum Gasteiger partial charge on any atom is -0.496 e. The van der Waals surface area contributed by atoms with Crippen LogP contribution in [0.15, 0.2) is 36.4 Å². The van der Waals surface area contributed by atoms with E-state index in [4.69, 9.17) is 26.8 Å². The third kappa shape index (κ3) is 4.43. The normalized spacial score (nSPS) is 10.3. The van der Waals surface area contributed by atoms with E-state index >= 15 is 0 Å². The molecule has 2 aromatic carbocycles. The standard InChI is InChI=1S/C18H18ClFN2O4/c1-3-22(12-6-4-11(20)5-7-12)17(23)10-26-18(24)13-8-14(19)15(21)9-16(13)25-2/h4-9H,3,10,21H2,1-2H3. The molecule has 2 rings (SSSR count). The highest BCUT2D eigenvalue weighted by atomic mass is 35.5. The number of hydrogen-bond donors (Lipinski definition) is 1. The van der Waals surface area contributed by atoms with E-state index in [9.17, 15) is 14.0 Å². The highest BCUT2D eigenvalue weighted by Gasteiger charge is 2.20. The number of ether oxygens (including phenoxy) is 2. The zero-order valence-corrected chi connectivity index (χ0v) is 15.0. The van der Waals surface area contributed by atoms with Crippen LogP contribution < -0.4 is 15.4 Å². The first-order valence-corrected chi connectivity index (χ1v) is 8.11. The average molecular weight is 381 g/mol. The minimum absolute atomic E-state index is 0.0596. The van der Waals surface area contributed by atoms with Gasteiger partial charge in [-0.15, -0.1) is 0 Å². The van der Waals surface area contributed by atoms with Crippen molar-refractivity contribution < 1.29 is 23.5 Å². The molecule has 0 saturated heterocycles. The predicted octanol–water partition coefficient (Wildman–Crippen LogP) is 3.28. The van der Waals surface area contributed by atoms with Gasteiger partial charge in [0.1, 0.15) is 17.1 Å². The number of hydrogen-bond acceptors (Lipinski definition) is 5. The van der Waals surface area contributed by atoms with E-state index < -0.39 is 24.3 Å². The van der Waals surface area contributed by atoms with E-state index in [0.717, 1.165) is 0 Å². The number of nitrogens with zero attached hydrogens (tertiary/aromatic N) is 1. The van der Waals surface area contributed by atoms with Crippen LogP contribution in [0, 0.1) is 5.82 Å². The van der Waals surface area contributed by atoms with Crippen molar-refractivity contribution in [1.82, 2.24) is 0 Å². The topological polar surface area (TPSA) is 81.9 Å². The van der Waals surface area contributed by atoms with Crippen molar-refractivity contribution in [3.05, 3.63) is 52.8 Å². The molecule has 0 aliphatic rings. The molecule has 0 fully saturated rings. The monoisotopic (exact) mass is 380 g/mol. The third-order valence-electron chi connectivity index (χ3n) is 3.62. The fourth-order valence-corrected chi connectivity index (χ4v) is 2.47. The Labute approximate surface area is 155 Å². The molecule has 0 heterocycles. The molecule has 138 valence electrons. The van der Waals surface area contributed by atoms with Gasteiger partial charge in [-0.2, -0.15) is 0 Å². The molecule has 0 saturated carbocycles. The Morgan fingerprint density at radius 1 is 1.23 bits per heavy atom. The summed E-state index contributed by atoms with van der Waals surface area (Å²) in [6.07, 6.45) is 0. The smallest absolute Gasteiger partial charge is 0.342 e. The second-order valence-corrected chi connectivity index (χ2v) is 5.67. The summed E-state index contributed by atoms with van der Waals surface area (Å²) in [5.74, 6) is -1.44. The van der Waals surface area contributed by atoms with Crippen molar-refractivity contribution in [1.29, 1.82) is 0 Å². The number of carbonyl (C=O) groups is 2. The molecule has 0 unspecified atom stereocenters. The van der Waals surface area contributed by atoms with E-state index in [-0.39, 0.29) is 22.0 Å². The van der Waals surface area contributed by atoms with Crippen molar-refractivity contribution in [2.45, 2.75) is 6.92 Å². The summed E-state index contributed by atoms with van der Waals surface area (Å²) in [6.45, 7) is 1.60. The number of benzene rings is 2. The van der Waals surface area contributed by atoms with Gasteiger partial charge in [0.25, 0.3) is 5.91 Å². The molecule has 2 N–H and O–H groups in total. The van der Waals surface area contributed by atoms with Crippen LogP contribution in [0.2, 0.25) is 5.02 Å². The van der Waals surface area contributed by atoms with Crippen LogP contribution in [0.5, 0.6) is 5.75 Å². The molecule has 0 atom stereocenters. The predicted molar refractivity (Wildman–Crippen MR) is 97.1 cm³/mol. The second kappa shape index (κ2) is 8.53. The summed E-state index contributed by atoms with van der Waals surface area (Å²) < 4.78 is 23.2. The second-order valence-electron chi connectivity index (χ2n) is 5.26. The van der Waals surface area contributed by atoms with Gasteiger partial charge in [-0.25, -0.2) is 9.18 Å². The van der Waals surface area contributed by atoms with E-state index in [2.05, 4.69) is 0 Å². The maximum atomic E-state index is 13.0. The van der Waals surface area contributed by atoms with Gasteiger partial charge in [-0.3, -0.25) is 4.79 Å². The number of nitrogens with two attached hydrogens (primary N) is 1. The molecular weight excluding hydrogens is 363 g/mol. The molecular formula is C18H18ClFN2O4. The molecule has 26 heavy (non-hydrogen) atoms. The van der Waals surface area contributed by atoms with E-state index in [0.29, 0.717) is 12.2 Å². The van der Waals surface area contributed by atoms with Crippen LogP contribution in [-0.2, 0) is 9.53 Å². The quantitative estimate of drug-likeness (QED) is 0.614. The fraction of sp³-hybridized carbons (Fsp3) is 0.222. The van der Waals surface area contributed by atoms with Gasteiger partial charge in [0.05, 0.1) is 17.8 Å². The van der Waals surface area contributed by atoms with Crippen molar-refractivity contribution in [2.75, 3.05) is 30.9 Å². The lowest BCUT2D eigenvalue weighted by molar-refractivity contribution is -0.121. The molecule has 2 aromatic rings. The summed E-state index contributed by atoms with van der Waals surface area (Å²) in [4.78, 5) is 26.0. The number of rotatable bonds is 6. The first kappa shape index (κ1) is 19.5. The van der Waals surface area contributed by atoms with Gasteiger partial charge in [0.15, 0.2) is 6.61 Å². The summed E-state index contributed by atoms with van der Waals surface area (Å²) in [5.41, 5.74) is 6.49. The molecule has 0 aliphatic carbocycles. The van der Waals surface area contributed by atoms with E-state index in [1.54, 1.807) is 6.92 Å². The number of amides is 1. The van der Waals surface area contributed by atoms with Gasteiger partial charge < -0.3 is 20.1 Å². The van der Waals surface area contributed by atoms with Gasteiger partial charge >= 0.3 is 5.97 Å². The van der Waals surface area contributed by atoms with Crippen molar-refractivity contribution in [3.63, 3.8) is 0 Å². The Bertz CT molecular complexity index is 812. The lowest BCUT2D eigenvalue weighted by atomic mass is 10.2. The summed E-state index contributed by atoms with van der Waals surface area (Å²) in [5, 5.41) is 0.172. The third-order valence-corrected chi connectivity index (χ3v) is 3.95. The van der Waals surface area contributed by atoms with Crippen LogP contribution in [0.4, 0.5) is 15.8 Å². The maximum absolute atomic E-state index is 13.0. The van der Waals surface area contributed by atoms with Crippen LogP contribution >= 0.6 is 11.6 Å². The van der Waals surface area contributed by atoms with Crippen LogP contribution in [0.1, 0.15) is 17.3 Å². The van der Waals surface area contributed by atoms with Crippen LogP contribution in [-0.4, -0.2) is 32.1 Å². The van der Waals surface area contributed by atoms with Crippen LogP contribution in [0.3, 0.4) is 0 Å². The highest BCUT2D eigenvalue weighted by Crippen LogP contribution is 2.29. The van der Waals surface area contributed by atoms with Gasteiger partial charge in [0, 0.05) is 18.3 Å². The number of carbonyl (C=O) groups excluding carboxylic acids is 2. The maximum Gasteiger partial charge on any atom is 0.342 e. The number of halogens is 2. The Kier molecular flexibility index (Phi) is 6.41. The number of esters is 1. The largest absolute Gasteiger partial charge is 0.496 e. The number of nitrogen functional groups attached to an aromatic ring is 1. The first-order valence-electron chi connectivity index (χ1n) is 7.73. The SMILES string of the molecule is CCN(C(=O)COC(=O)c1cc(Cl)c(N)cc1OC)c1ccc(F)cc1. The fourth-order valence-electron chi connectivity index (χ4n) is 2.30. The highest BCUT2D eigenvalue weighted by molar-refractivity contribution is 6.33. The Morgan fingerprint density at radius 3 is 2.46 bits per heavy atom. The number of anilines is 2. The summed E-state index contributed by atoms with van der Waals surface area (Å²) >= 11 is 5.92. The molecule has 0 aliphatic heterocycles.